The molecule has 2 heteroatoms. The predicted molar refractivity (Wildman–Crippen MR) is 245 cm³/mol. The maximum atomic E-state index is 2.51. The fourth-order valence-corrected chi connectivity index (χ4v) is 10.8. The molecule has 0 spiro atoms. The first-order valence-corrected chi connectivity index (χ1v) is 20.8. The lowest BCUT2D eigenvalue weighted by atomic mass is 9.75. The summed E-state index contributed by atoms with van der Waals surface area (Å²) in [6.45, 7) is 9.55. The number of aromatic nitrogens is 1. The number of fused-ring (bicyclic) bond motifs is 10. The van der Waals surface area contributed by atoms with Crippen LogP contribution in [0.4, 0.5) is 11.4 Å². The molecule has 7 aromatic carbocycles. The zero-order valence-electron chi connectivity index (χ0n) is 33.4. The average molecular weight is 745 g/mol. The van der Waals surface area contributed by atoms with Crippen molar-refractivity contribution in [3.05, 3.63) is 210 Å². The van der Waals surface area contributed by atoms with Gasteiger partial charge in [-0.05, 0) is 110 Å². The highest BCUT2D eigenvalue weighted by molar-refractivity contribution is 6.12. The van der Waals surface area contributed by atoms with E-state index in [1.165, 1.54) is 105 Å². The van der Waals surface area contributed by atoms with E-state index < -0.39 is 0 Å². The first-order chi connectivity index (χ1) is 28.3. The molecule has 0 bridgehead atoms. The first kappa shape index (κ1) is 33.5. The monoisotopic (exact) mass is 744 g/mol. The minimum absolute atomic E-state index is 0.0758. The largest absolute Gasteiger partial charge is 0.310 e. The number of para-hydroxylation sites is 2. The zero-order valence-corrected chi connectivity index (χ0v) is 33.4. The Morgan fingerprint density at radius 2 is 1.29 bits per heavy atom. The summed E-state index contributed by atoms with van der Waals surface area (Å²) in [5.74, 6) is 0.438. The van der Waals surface area contributed by atoms with Crippen LogP contribution in [-0.4, -0.2) is 4.57 Å². The number of rotatable bonds is 4. The Hall–Kier alpha value is -6.64. The van der Waals surface area contributed by atoms with Gasteiger partial charge in [-0.2, -0.15) is 0 Å². The van der Waals surface area contributed by atoms with E-state index in [1.54, 1.807) is 0 Å². The van der Waals surface area contributed by atoms with Crippen LogP contribution in [0.1, 0.15) is 56.4 Å². The number of anilines is 2. The van der Waals surface area contributed by atoms with Gasteiger partial charge in [-0.15, -0.1) is 0 Å². The molecule has 8 aromatic rings. The van der Waals surface area contributed by atoms with Crippen molar-refractivity contribution in [2.24, 2.45) is 5.92 Å². The summed E-state index contributed by atoms with van der Waals surface area (Å²) in [7, 11) is 0. The summed E-state index contributed by atoms with van der Waals surface area (Å²) in [5, 5.41) is 5.13. The van der Waals surface area contributed by atoms with Crippen molar-refractivity contribution in [2.45, 2.75) is 44.9 Å². The fraction of sp³-hybridized carbons (Fsp3) is 0.143. The van der Waals surface area contributed by atoms with Crippen molar-refractivity contribution in [1.29, 1.82) is 0 Å². The van der Waals surface area contributed by atoms with Gasteiger partial charge in [0.1, 0.15) is 0 Å². The molecule has 4 aliphatic rings. The lowest BCUT2D eigenvalue weighted by Crippen LogP contribution is -2.26. The van der Waals surface area contributed by atoms with Crippen LogP contribution in [0.5, 0.6) is 0 Å². The minimum atomic E-state index is -0.189. The molecule has 2 nitrogen and oxygen atoms in total. The second-order valence-electron chi connectivity index (χ2n) is 17.7. The van der Waals surface area contributed by atoms with Gasteiger partial charge in [0.05, 0.1) is 22.4 Å². The van der Waals surface area contributed by atoms with Gasteiger partial charge >= 0.3 is 0 Å². The van der Waals surface area contributed by atoms with Crippen LogP contribution in [0.3, 0.4) is 0 Å². The normalized spacial score (nSPS) is 17.8. The number of benzene rings is 7. The van der Waals surface area contributed by atoms with Crippen molar-refractivity contribution in [3.63, 3.8) is 0 Å². The van der Waals surface area contributed by atoms with Gasteiger partial charge in [-0.3, -0.25) is 0 Å². The molecule has 0 saturated carbocycles. The van der Waals surface area contributed by atoms with E-state index >= 15 is 0 Å². The second kappa shape index (κ2) is 11.9. The van der Waals surface area contributed by atoms with Gasteiger partial charge in [0.25, 0.3) is 0 Å². The highest BCUT2D eigenvalue weighted by Gasteiger charge is 2.38. The van der Waals surface area contributed by atoms with E-state index in [0.717, 1.165) is 6.42 Å². The maximum absolute atomic E-state index is 2.51. The van der Waals surface area contributed by atoms with Gasteiger partial charge in [0.15, 0.2) is 0 Å². The predicted octanol–water partition coefficient (Wildman–Crippen LogP) is 14.6. The van der Waals surface area contributed by atoms with E-state index in [0.29, 0.717) is 5.92 Å². The molecule has 2 heterocycles. The third-order valence-electron chi connectivity index (χ3n) is 13.9. The van der Waals surface area contributed by atoms with Gasteiger partial charge < -0.3 is 9.47 Å². The van der Waals surface area contributed by atoms with Crippen molar-refractivity contribution in [2.75, 3.05) is 4.90 Å². The van der Waals surface area contributed by atoms with Gasteiger partial charge in [0.2, 0.25) is 0 Å². The first-order valence-electron chi connectivity index (χ1n) is 20.8. The van der Waals surface area contributed by atoms with E-state index in [2.05, 4.69) is 213 Å². The molecule has 1 unspecified atom stereocenters. The van der Waals surface area contributed by atoms with Crippen LogP contribution in [-0.2, 0) is 10.8 Å². The maximum Gasteiger partial charge on any atom is 0.0582 e. The van der Waals surface area contributed by atoms with E-state index in [-0.39, 0.29) is 10.8 Å². The lowest BCUT2D eigenvalue weighted by molar-refractivity contribution is 0.630. The van der Waals surface area contributed by atoms with Gasteiger partial charge in [0, 0.05) is 44.3 Å². The van der Waals surface area contributed by atoms with Crippen molar-refractivity contribution in [3.8, 4) is 27.9 Å². The third-order valence-corrected chi connectivity index (χ3v) is 13.9. The summed E-state index contributed by atoms with van der Waals surface area (Å²) in [6.07, 6.45) is 14.8. The van der Waals surface area contributed by atoms with Crippen LogP contribution < -0.4 is 4.90 Å². The molecule has 0 saturated heterocycles. The fourth-order valence-electron chi connectivity index (χ4n) is 10.8. The number of hydrogen-bond acceptors (Lipinski definition) is 1. The van der Waals surface area contributed by atoms with E-state index in [4.69, 9.17) is 0 Å². The number of hydrogen-bond donors (Lipinski definition) is 0. The summed E-state index contributed by atoms with van der Waals surface area (Å²) in [4.78, 5) is 2.50. The van der Waals surface area contributed by atoms with Crippen LogP contribution >= 0.6 is 0 Å². The van der Waals surface area contributed by atoms with Crippen molar-refractivity contribution in [1.82, 2.24) is 4.57 Å². The Kier molecular flexibility index (Phi) is 6.90. The van der Waals surface area contributed by atoms with Gasteiger partial charge in [-0.25, -0.2) is 0 Å². The summed E-state index contributed by atoms with van der Waals surface area (Å²) < 4.78 is 2.51. The molecular formula is C56H44N2. The van der Waals surface area contributed by atoms with Crippen molar-refractivity contribution < 1.29 is 0 Å². The topological polar surface area (TPSA) is 8.17 Å². The Morgan fingerprint density at radius 3 is 2.21 bits per heavy atom. The van der Waals surface area contributed by atoms with Crippen LogP contribution in [0.2, 0.25) is 0 Å². The molecule has 0 amide bonds. The van der Waals surface area contributed by atoms with Crippen LogP contribution in [0.15, 0.2) is 187 Å². The van der Waals surface area contributed by atoms with Crippen molar-refractivity contribution >= 4 is 44.0 Å². The number of allylic oxidation sites excluding steroid dienone is 7. The SMILES string of the molecule is CC1(C)c2cc(-c3ccc4c(c3)c3cccc5c3n4-c3ccccc3C5(C)C)ccc2-c2ccc(N(C3=CCC4C=CC=CC4=C3)c3cccc4ccccc34)cc21. The molecule has 0 fully saturated rings. The minimum Gasteiger partial charge on any atom is -0.310 e. The Balaban J connectivity index is 0.973. The summed E-state index contributed by atoms with van der Waals surface area (Å²) in [5.41, 5.74) is 19.3. The smallest absolute Gasteiger partial charge is 0.0582 e. The van der Waals surface area contributed by atoms with Crippen LogP contribution in [0.25, 0.3) is 60.5 Å². The molecule has 3 aliphatic carbocycles. The standard InChI is InChI=1S/C56H44N2/c1-55(2)47-19-9-10-21-53(47)58-52-30-25-38(32-46(52)45-18-12-20-48(55)54(45)58)39-24-28-43-44-29-27-41(34-50(44)56(3,4)49(43)33-39)57(40-26-23-35-13-5-6-15-37(35)31-40)51-22-11-16-36-14-7-8-17-42(36)51/h5-22,24-35H,23H2,1-4H3. The third kappa shape index (κ3) is 4.60. The second-order valence-corrected chi connectivity index (χ2v) is 17.7. The molecule has 0 N–H and O–H groups in total. The average Bonchev–Trinajstić information content (AvgIpc) is 3.71. The Labute approximate surface area is 340 Å². The molecule has 0 radical (unpaired) electrons. The van der Waals surface area contributed by atoms with E-state index in [9.17, 15) is 0 Å². The summed E-state index contributed by atoms with van der Waals surface area (Å²) >= 11 is 0. The van der Waals surface area contributed by atoms with Crippen LogP contribution in [0, 0.1) is 5.92 Å². The molecule has 1 atom stereocenters. The highest BCUT2D eigenvalue weighted by Crippen LogP contribution is 2.53. The van der Waals surface area contributed by atoms with E-state index in [1.807, 2.05) is 0 Å². The number of nitrogens with zero attached hydrogens (tertiary/aromatic N) is 2. The lowest BCUT2D eigenvalue weighted by Gasteiger charge is -2.34. The molecule has 12 rings (SSSR count). The highest BCUT2D eigenvalue weighted by atomic mass is 15.1. The Morgan fingerprint density at radius 1 is 0.586 bits per heavy atom. The molecule has 278 valence electrons. The quantitative estimate of drug-likeness (QED) is 0.174. The Bertz CT molecular complexity index is 3210. The molecular weight excluding hydrogens is 701 g/mol. The summed E-state index contributed by atoms with van der Waals surface area (Å²) in [6, 6.07) is 52.8. The molecule has 1 aliphatic heterocycles. The zero-order chi connectivity index (χ0) is 38.9. The molecule has 58 heavy (non-hydrogen) atoms. The van der Waals surface area contributed by atoms with Gasteiger partial charge in [-0.1, -0.05) is 155 Å². The molecule has 1 aromatic heterocycles.